The Hall–Kier alpha value is -0.570. The molecule has 1 N–H and O–H groups in total. The number of hydrogen-bond acceptors (Lipinski definition) is 2. The summed E-state index contributed by atoms with van der Waals surface area (Å²) in [4.78, 5) is 2.06. The molecule has 1 unspecified atom stereocenters. The van der Waals surface area contributed by atoms with Gasteiger partial charge in [0.05, 0.1) is 6.10 Å². The molecule has 2 nitrogen and oxygen atoms in total. The number of nitrogens with zero attached hydrogens (tertiary/aromatic N) is 1. The normalized spacial score (nSPS) is 13.2. The fourth-order valence-corrected chi connectivity index (χ4v) is 1.44. The van der Waals surface area contributed by atoms with E-state index >= 15 is 0 Å². The molecule has 0 aromatic heterocycles. The summed E-state index contributed by atoms with van der Waals surface area (Å²) in [7, 11) is 1.98. The molecular weight excluding hydrogens is 198 g/mol. The molecule has 0 spiro atoms. The third-order valence-corrected chi connectivity index (χ3v) is 2.49. The first-order chi connectivity index (χ1) is 6.63. The van der Waals surface area contributed by atoms with E-state index in [2.05, 4.69) is 11.8 Å². The van der Waals surface area contributed by atoms with Crippen molar-refractivity contribution in [3.05, 3.63) is 34.9 Å². The molecule has 78 valence electrons. The Bertz CT molecular complexity index is 290. The fourth-order valence-electron chi connectivity index (χ4n) is 1.24. The lowest BCUT2D eigenvalue weighted by Crippen LogP contribution is -2.24. The number of rotatable bonds is 4. The predicted octanol–water partition coefficient (Wildman–Crippen LogP) is 2.33. The van der Waals surface area contributed by atoms with Crippen LogP contribution < -0.4 is 0 Å². The van der Waals surface area contributed by atoms with Gasteiger partial charge in [-0.2, -0.15) is 0 Å². The van der Waals surface area contributed by atoms with Crippen LogP contribution in [0, 0.1) is 0 Å². The number of hydrogen-bond donors (Lipinski definition) is 1. The number of halogens is 1. The summed E-state index contributed by atoms with van der Waals surface area (Å²) < 4.78 is 0. The molecule has 0 aliphatic rings. The van der Waals surface area contributed by atoms with Gasteiger partial charge in [-0.05, 0) is 31.3 Å². The Labute approximate surface area is 90.1 Å². The molecule has 0 bridgehead atoms. The minimum Gasteiger partial charge on any atom is -0.387 e. The van der Waals surface area contributed by atoms with Gasteiger partial charge in [-0.1, -0.05) is 30.7 Å². The molecule has 0 fully saturated rings. The minimum atomic E-state index is -0.460. The van der Waals surface area contributed by atoms with Crippen LogP contribution in [0.3, 0.4) is 0 Å². The van der Waals surface area contributed by atoms with Crippen LogP contribution in [0.5, 0.6) is 0 Å². The summed E-state index contributed by atoms with van der Waals surface area (Å²) in [5.74, 6) is 0. The summed E-state index contributed by atoms with van der Waals surface area (Å²) in [6.07, 6.45) is -0.460. The second kappa shape index (κ2) is 5.35. The Morgan fingerprint density at radius 2 is 2.21 bits per heavy atom. The third-order valence-electron chi connectivity index (χ3n) is 2.26. The number of benzene rings is 1. The van der Waals surface area contributed by atoms with Gasteiger partial charge in [-0.15, -0.1) is 0 Å². The van der Waals surface area contributed by atoms with E-state index in [9.17, 15) is 5.11 Å². The standard InChI is InChI=1S/C11H16ClNO/c1-3-13(2)8-11(14)9-5-4-6-10(12)7-9/h4-7,11,14H,3,8H2,1-2H3. The van der Waals surface area contributed by atoms with Crippen molar-refractivity contribution in [3.63, 3.8) is 0 Å². The average molecular weight is 214 g/mol. The molecule has 1 aromatic rings. The molecule has 0 aliphatic heterocycles. The summed E-state index contributed by atoms with van der Waals surface area (Å²) in [5, 5.41) is 10.5. The van der Waals surface area contributed by atoms with Crippen molar-refractivity contribution in [1.82, 2.24) is 4.90 Å². The maximum Gasteiger partial charge on any atom is 0.0917 e. The van der Waals surface area contributed by atoms with Crippen molar-refractivity contribution in [1.29, 1.82) is 0 Å². The maximum absolute atomic E-state index is 9.85. The molecule has 0 amide bonds. The lowest BCUT2D eigenvalue weighted by Gasteiger charge is -2.18. The topological polar surface area (TPSA) is 23.5 Å². The maximum atomic E-state index is 9.85. The van der Waals surface area contributed by atoms with Gasteiger partial charge in [0.1, 0.15) is 0 Å². The van der Waals surface area contributed by atoms with Crippen LogP contribution in [0.2, 0.25) is 5.02 Å². The van der Waals surface area contributed by atoms with E-state index in [0.29, 0.717) is 11.6 Å². The predicted molar refractivity (Wildman–Crippen MR) is 59.6 cm³/mol. The highest BCUT2D eigenvalue weighted by molar-refractivity contribution is 6.30. The highest BCUT2D eigenvalue weighted by atomic mass is 35.5. The van der Waals surface area contributed by atoms with Gasteiger partial charge >= 0.3 is 0 Å². The molecule has 1 atom stereocenters. The molecule has 3 heteroatoms. The lowest BCUT2D eigenvalue weighted by molar-refractivity contribution is 0.129. The van der Waals surface area contributed by atoms with Crippen molar-refractivity contribution >= 4 is 11.6 Å². The second-order valence-corrected chi connectivity index (χ2v) is 3.86. The van der Waals surface area contributed by atoms with Crippen LogP contribution in [0.15, 0.2) is 24.3 Å². The second-order valence-electron chi connectivity index (χ2n) is 3.43. The molecule has 0 saturated carbocycles. The van der Waals surface area contributed by atoms with Gasteiger partial charge in [0.25, 0.3) is 0 Å². The number of aliphatic hydroxyl groups excluding tert-OH is 1. The van der Waals surface area contributed by atoms with Crippen molar-refractivity contribution in [3.8, 4) is 0 Å². The van der Waals surface area contributed by atoms with E-state index < -0.39 is 6.10 Å². The van der Waals surface area contributed by atoms with Crippen LogP contribution >= 0.6 is 11.6 Å². The Balaban J connectivity index is 2.64. The summed E-state index contributed by atoms with van der Waals surface area (Å²) >= 11 is 5.83. The van der Waals surface area contributed by atoms with E-state index in [0.717, 1.165) is 12.1 Å². The molecule has 0 aliphatic carbocycles. The molecule has 0 saturated heterocycles. The SMILES string of the molecule is CCN(C)CC(O)c1cccc(Cl)c1. The minimum absolute atomic E-state index is 0.460. The fraction of sp³-hybridized carbons (Fsp3) is 0.455. The Kier molecular flexibility index (Phi) is 4.39. The van der Waals surface area contributed by atoms with Gasteiger partial charge in [0.15, 0.2) is 0 Å². The first-order valence-corrected chi connectivity index (χ1v) is 5.13. The molecule has 0 radical (unpaired) electrons. The number of aliphatic hydroxyl groups is 1. The van der Waals surface area contributed by atoms with Gasteiger partial charge < -0.3 is 10.0 Å². The van der Waals surface area contributed by atoms with Crippen molar-refractivity contribution < 1.29 is 5.11 Å². The zero-order valence-corrected chi connectivity index (χ0v) is 9.33. The van der Waals surface area contributed by atoms with E-state index in [1.165, 1.54) is 0 Å². The Morgan fingerprint density at radius 3 is 2.79 bits per heavy atom. The first kappa shape index (κ1) is 11.5. The van der Waals surface area contributed by atoms with Crippen molar-refractivity contribution in [2.75, 3.05) is 20.1 Å². The van der Waals surface area contributed by atoms with Crippen LogP contribution in [-0.4, -0.2) is 30.1 Å². The van der Waals surface area contributed by atoms with Crippen LogP contribution in [0.25, 0.3) is 0 Å². The molecule has 1 rings (SSSR count). The summed E-state index contributed by atoms with van der Waals surface area (Å²) in [6.45, 7) is 3.62. The summed E-state index contributed by atoms with van der Waals surface area (Å²) in [6, 6.07) is 7.35. The molecular formula is C11H16ClNO. The summed E-state index contributed by atoms with van der Waals surface area (Å²) in [5.41, 5.74) is 0.873. The van der Waals surface area contributed by atoms with Crippen molar-refractivity contribution in [2.45, 2.75) is 13.0 Å². The van der Waals surface area contributed by atoms with Gasteiger partial charge in [0.2, 0.25) is 0 Å². The molecule has 0 heterocycles. The highest BCUT2D eigenvalue weighted by Gasteiger charge is 2.09. The Morgan fingerprint density at radius 1 is 1.50 bits per heavy atom. The van der Waals surface area contributed by atoms with Crippen LogP contribution in [0.1, 0.15) is 18.6 Å². The van der Waals surface area contributed by atoms with Gasteiger partial charge in [-0.3, -0.25) is 0 Å². The molecule has 1 aromatic carbocycles. The van der Waals surface area contributed by atoms with Crippen molar-refractivity contribution in [2.24, 2.45) is 0 Å². The van der Waals surface area contributed by atoms with E-state index in [-0.39, 0.29) is 0 Å². The van der Waals surface area contributed by atoms with Gasteiger partial charge in [0, 0.05) is 11.6 Å². The lowest BCUT2D eigenvalue weighted by atomic mass is 10.1. The van der Waals surface area contributed by atoms with Gasteiger partial charge in [-0.25, -0.2) is 0 Å². The zero-order valence-electron chi connectivity index (χ0n) is 8.57. The van der Waals surface area contributed by atoms with E-state index in [4.69, 9.17) is 11.6 Å². The highest BCUT2D eigenvalue weighted by Crippen LogP contribution is 2.18. The number of likely N-dealkylation sites (N-methyl/N-ethyl adjacent to an activating group) is 1. The van der Waals surface area contributed by atoms with E-state index in [1.54, 1.807) is 12.1 Å². The third kappa shape index (κ3) is 3.29. The monoisotopic (exact) mass is 213 g/mol. The zero-order chi connectivity index (χ0) is 10.6. The average Bonchev–Trinajstić information content (AvgIpc) is 2.17. The smallest absolute Gasteiger partial charge is 0.0917 e. The quantitative estimate of drug-likeness (QED) is 0.830. The largest absolute Gasteiger partial charge is 0.387 e. The molecule has 14 heavy (non-hydrogen) atoms. The van der Waals surface area contributed by atoms with Crippen LogP contribution in [0.4, 0.5) is 0 Å². The van der Waals surface area contributed by atoms with Crippen LogP contribution in [-0.2, 0) is 0 Å². The first-order valence-electron chi connectivity index (χ1n) is 4.75. The van der Waals surface area contributed by atoms with E-state index in [1.807, 2.05) is 19.2 Å².